The Balaban J connectivity index is 1.99. The molecule has 0 saturated carbocycles. The van der Waals surface area contributed by atoms with Crippen molar-refractivity contribution in [2.75, 3.05) is 19.3 Å². The van der Waals surface area contributed by atoms with Crippen LogP contribution in [0.5, 0.6) is 0 Å². The van der Waals surface area contributed by atoms with Crippen molar-refractivity contribution >= 4 is 23.6 Å². The van der Waals surface area contributed by atoms with Crippen LogP contribution in [0.3, 0.4) is 0 Å². The second-order valence-corrected chi connectivity index (χ2v) is 7.83. The molecule has 1 amide bonds. The van der Waals surface area contributed by atoms with E-state index in [0.29, 0.717) is 25.9 Å². The summed E-state index contributed by atoms with van der Waals surface area (Å²) < 4.78 is 19.3. The number of thioether (sulfide) groups is 1. The molecule has 4 nitrogen and oxygen atoms in total. The predicted octanol–water partition coefficient (Wildman–Crippen LogP) is 4.38. The Morgan fingerprint density at radius 3 is 2.42 bits per heavy atom. The topological polar surface area (TPSA) is 46.6 Å². The van der Waals surface area contributed by atoms with Crippen LogP contribution in [0.15, 0.2) is 23.1 Å². The first-order valence-electron chi connectivity index (χ1n) is 8.07. The number of ether oxygens (including phenoxy) is 1. The lowest BCUT2D eigenvalue weighted by atomic mass is 9.89. The fraction of sp³-hybridized carbons (Fsp3) is 0.556. The summed E-state index contributed by atoms with van der Waals surface area (Å²) in [5, 5.41) is 0. The van der Waals surface area contributed by atoms with E-state index in [9.17, 15) is 14.0 Å². The predicted molar refractivity (Wildman–Crippen MR) is 93.0 cm³/mol. The van der Waals surface area contributed by atoms with Gasteiger partial charge in [-0.05, 0) is 58.1 Å². The molecule has 2 rings (SSSR count). The highest BCUT2D eigenvalue weighted by Gasteiger charge is 2.31. The molecule has 6 heteroatoms. The van der Waals surface area contributed by atoms with Crippen LogP contribution in [-0.2, 0) is 4.74 Å². The average molecular weight is 353 g/mol. The van der Waals surface area contributed by atoms with Crippen LogP contribution in [0.4, 0.5) is 9.18 Å². The third kappa shape index (κ3) is 4.72. The molecule has 0 N–H and O–H groups in total. The molecule has 1 aromatic carbocycles. The van der Waals surface area contributed by atoms with E-state index in [1.165, 1.54) is 17.8 Å². The van der Waals surface area contributed by atoms with Crippen LogP contribution in [0, 0.1) is 11.7 Å². The van der Waals surface area contributed by atoms with Crippen molar-refractivity contribution in [3.8, 4) is 0 Å². The number of piperidine rings is 1. The molecule has 24 heavy (non-hydrogen) atoms. The second-order valence-electron chi connectivity index (χ2n) is 6.95. The van der Waals surface area contributed by atoms with E-state index in [1.807, 2.05) is 27.0 Å². The van der Waals surface area contributed by atoms with Gasteiger partial charge in [0.2, 0.25) is 0 Å². The van der Waals surface area contributed by atoms with E-state index in [1.54, 1.807) is 17.0 Å². The van der Waals surface area contributed by atoms with Gasteiger partial charge in [0, 0.05) is 23.9 Å². The number of amides is 1. The zero-order valence-corrected chi connectivity index (χ0v) is 15.4. The molecule has 0 bridgehead atoms. The number of halogens is 1. The molecular weight excluding hydrogens is 329 g/mol. The standard InChI is InChI=1S/C18H24FNO3S/c1-18(2,3)23-17(22)20-9-7-12(8-10-20)16(21)14-11-13(24-4)5-6-15(14)19/h5-6,11-12H,7-10H2,1-4H3. The molecule has 0 aliphatic carbocycles. The first-order chi connectivity index (χ1) is 11.2. The third-order valence-electron chi connectivity index (χ3n) is 3.96. The fourth-order valence-corrected chi connectivity index (χ4v) is 3.13. The van der Waals surface area contributed by atoms with Gasteiger partial charge in [0.15, 0.2) is 5.78 Å². The van der Waals surface area contributed by atoms with E-state index in [4.69, 9.17) is 4.74 Å². The van der Waals surface area contributed by atoms with Crippen LogP contribution in [0.25, 0.3) is 0 Å². The Bertz CT molecular complexity index is 619. The van der Waals surface area contributed by atoms with Gasteiger partial charge in [-0.3, -0.25) is 4.79 Å². The molecule has 132 valence electrons. The number of Topliss-reactive ketones (excluding diaryl/α,β-unsaturated/α-hetero) is 1. The van der Waals surface area contributed by atoms with Crippen molar-refractivity contribution in [3.05, 3.63) is 29.6 Å². The lowest BCUT2D eigenvalue weighted by molar-refractivity contribution is 0.0182. The van der Waals surface area contributed by atoms with E-state index < -0.39 is 11.4 Å². The number of ketones is 1. The molecule has 1 fully saturated rings. The minimum absolute atomic E-state index is 0.151. The fourth-order valence-electron chi connectivity index (χ4n) is 2.69. The summed E-state index contributed by atoms with van der Waals surface area (Å²) in [6.07, 6.45) is 2.59. The number of nitrogens with zero attached hydrogens (tertiary/aromatic N) is 1. The van der Waals surface area contributed by atoms with Gasteiger partial charge in [-0.2, -0.15) is 0 Å². The summed E-state index contributed by atoms with van der Waals surface area (Å²) in [5.74, 6) is -0.907. The third-order valence-corrected chi connectivity index (χ3v) is 4.68. The Hall–Kier alpha value is -1.56. The number of benzene rings is 1. The molecule has 0 atom stereocenters. The molecule has 1 aliphatic rings. The first kappa shape index (κ1) is 18.8. The lowest BCUT2D eigenvalue weighted by Gasteiger charge is -2.33. The maximum absolute atomic E-state index is 14.0. The summed E-state index contributed by atoms with van der Waals surface area (Å²) in [7, 11) is 0. The number of likely N-dealkylation sites (tertiary alicyclic amines) is 1. The van der Waals surface area contributed by atoms with Gasteiger partial charge >= 0.3 is 6.09 Å². The number of carbonyl (C=O) groups excluding carboxylic acids is 2. The second kappa shape index (κ2) is 7.55. The summed E-state index contributed by atoms with van der Waals surface area (Å²) >= 11 is 1.48. The molecule has 1 aromatic rings. The quantitative estimate of drug-likeness (QED) is 0.598. The minimum Gasteiger partial charge on any atom is -0.444 e. The lowest BCUT2D eigenvalue weighted by Crippen LogP contribution is -2.43. The van der Waals surface area contributed by atoms with Gasteiger partial charge in [0.1, 0.15) is 11.4 Å². The zero-order chi connectivity index (χ0) is 17.9. The van der Waals surface area contributed by atoms with Crippen molar-refractivity contribution in [2.24, 2.45) is 5.92 Å². The molecule has 0 radical (unpaired) electrons. The van der Waals surface area contributed by atoms with Gasteiger partial charge < -0.3 is 9.64 Å². The van der Waals surface area contributed by atoms with Crippen molar-refractivity contribution in [1.82, 2.24) is 4.90 Å². The monoisotopic (exact) mass is 353 g/mol. The van der Waals surface area contributed by atoms with Crippen molar-refractivity contribution < 1.29 is 18.7 Å². The van der Waals surface area contributed by atoms with Crippen LogP contribution in [0.2, 0.25) is 0 Å². The normalized spacial score (nSPS) is 16.1. The highest BCUT2D eigenvalue weighted by molar-refractivity contribution is 7.98. The van der Waals surface area contributed by atoms with Crippen molar-refractivity contribution in [1.29, 1.82) is 0 Å². The number of rotatable bonds is 3. The number of hydrogen-bond acceptors (Lipinski definition) is 4. The highest BCUT2D eigenvalue weighted by atomic mass is 32.2. The molecule has 0 unspecified atom stereocenters. The molecule has 0 spiro atoms. The summed E-state index contributed by atoms with van der Waals surface area (Å²) in [5.41, 5.74) is -0.386. The maximum atomic E-state index is 14.0. The first-order valence-corrected chi connectivity index (χ1v) is 9.29. The van der Waals surface area contributed by atoms with Gasteiger partial charge in [-0.1, -0.05) is 0 Å². The van der Waals surface area contributed by atoms with Crippen molar-refractivity contribution in [2.45, 2.75) is 44.1 Å². The van der Waals surface area contributed by atoms with Gasteiger partial charge in [-0.25, -0.2) is 9.18 Å². The van der Waals surface area contributed by atoms with E-state index in [2.05, 4.69) is 0 Å². The molecular formula is C18H24FNO3S. The van der Waals surface area contributed by atoms with Gasteiger partial charge in [0.05, 0.1) is 5.56 Å². The van der Waals surface area contributed by atoms with Crippen LogP contribution < -0.4 is 0 Å². The zero-order valence-electron chi connectivity index (χ0n) is 14.6. The van der Waals surface area contributed by atoms with Gasteiger partial charge in [-0.15, -0.1) is 11.8 Å². The van der Waals surface area contributed by atoms with E-state index in [-0.39, 0.29) is 23.4 Å². The Morgan fingerprint density at radius 2 is 1.88 bits per heavy atom. The van der Waals surface area contributed by atoms with Crippen LogP contribution in [-0.4, -0.2) is 41.7 Å². The molecule has 1 heterocycles. The SMILES string of the molecule is CSc1ccc(F)c(C(=O)C2CCN(C(=O)OC(C)(C)C)CC2)c1. The smallest absolute Gasteiger partial charge is 0.410 e. The number of hydrogen-bond donors (Lipinski definition) is 0. The van der Waals surface area contributed by atoms with E-state index >= 15 is 0 Å². The Kier molecular flexibility index (Phi) is 5.91. The van der Waals surface area contributed by atoms with Crippen LogP contribution >= 0.6 is 11.8 Å². The molecule has 1 aliphatic heterocycles. The van der Waals surface area contributed by atoms with Crippen molar-refractivity contribution in [3.63, 3.8) is 0 Å². The van der Waals surface area contributed by atoms with E-state index in [0.717, 1.165) is 4.90 Å². The minimum atomic E-state index is -0.537. The van der Waals surface area contributed by atoms with Gasteiger partial charge in [0.25, 0.3) is 0 Å². The molecule has 1 saturated heterocycles. The average Bonchev–Trinajstić information content (AvgIpc) is 2.53. The molecule has 0 aromatic heterocycles. The maximum Gasteiger partial charge on any atom is 0.410 e. The Labute approximate surface area is 146 Å². The largest absolute Gasteiger partial charge is 0.444 e. The summed E-state index contributed by atoms with van der Waals surface area (Å²) in [6.45, 7) is 6.37. The summed E-state index contributed by atoms with van der Waals surface area (Å²) in [4.78, 5) is 27.1. The highest BCUT2D eigenvalue weighted by Crippen LogP contribution is 2.26. The summed E-state index contributed by atoms with van der Waals surface area (Å²) in [6, 6.07) is 4.62. The number of carbonyl (C=O) groups is 2. The Morgan fingerprint density at radius 1 is 1.25 bits per heavy atom. The van der Waals surface area contributed by atoms with Crippen LogP contribution in [0.1, 0.15) is 44.0 Å².